The Bertz CT molecular complexity index is 45.3. The molecular weight excluding hydrogens is 201 g/mol. The Labute approximate surface area is 59.4 Å². The van der Waals surface area contributed by atoms with Crippen molar-refractivity contribution >= 4 is 22.9 Å². The van der Waals surface area contributed by atoms with E-state index in [1.165, 1.54) is 0 Å². The lowest BCUT2D eigenvalue weighted by Gasteiger charge is -2.11. The van der Waals surface area contributed by atoms with Gasteiger partial charge in [0.1, 0.15) is 0 Å². The molecule has 0 saturated heterocycles. The van der Waals surface area contributed by atoms with Crippen LogP contribution in [0.4, 0.5) is 0 Å². The van der Waals surface area contributed by atoms with Crippen molar-refractivity contribution in [2.24, 2.45) is 5.92 Å². The molecule has 0 spiro atoms. The molecular formula is C5H12IN. The van der Waals surface area contributed by atoms with Gasteiger partial charge in [0.2, 0.25) is 0 Å². The maximum absolute atomic E-state index is 3.13. The van der Waals surface area contributed by atoms with Crippen molar-refractivity contribution in [3.63, 3.8) is 0 Å². The van der Waals surface area contributed by atoms with E-state index in [-0.39, 0.29) is 0 Å². The van der Waals surface area contributed by atoms with Crippen LogP contribution in [0.5, 0.6) is 0 Å². The van der Waals surface area contributed by atoms with Crippen molar-refractivity contribution in [1.82, 2.24) is 3.53 Å². The Balaban J connectivity index is 3.14. The average molecular weight is 213 g/mol. The zero-order valence-corrected chi connectivity index (χ0v) is 7.19. The van der Waals surface area contributed by atoms with Crippen molar-refractivity contribution in [3.05, 3.63) is 0 Å². The van der Waals surface area contributed by atoms with Gasteiger partial charge in [-0.15, -0.1) is 0 Å². The second kappa shape index (κ2) is 3.66. The molecule has 0 aliphatic rings. The summed E-state index contributed by atoms with van der Waals surface area (Å²) >= 11 is 2.18. The summed E-state index contributed by atoms with van der Waals surface area (Å²) in [7, 11) is 0. The largest absolute Gasteiger partial charge is 0.258 e. The minimum Gasteiger partial charge on any atom is -0.258 e. The lowest BCUT2D eigenvalue weighted by Crippen LogP contribution is -2.21. The van der Waals surface area contributed by atoms with Gasteiger partial charge in [0, 0.05) is 28.9 Å². The van der Waals surface area contributed by atoms with E-state index in [1.807, 2.05) is 0 Å². The van der Waals surface area contributed by atoms with Crippen molar-refractivity contribution in [2.45, 2.75) is 26.8 Å². The third-order valence-electron chi connectivity index (χ3n) is 1.17. The minimum absolute atomic E-state index is 0.639. The molecule has 1 atom stereocenters. The van der Waals surface area contributed by atoms with Gasteiger partial charge in [-0.3, -0.25) is 3.53 Å². The molecule has 0 aromatic heterocycles. The van der Waals surface area contributed by atoms with Gasteiger partial charge in [-0.25, -0.2) is 0 Å². The van der Waals surface area contributed by atoms with Crippen LogP contribution in [-0.2, 0) is 0 Å². The minimum atomic E-state index is 0.639. The van der Waals surface area contributed by atoms with Crippen molar-refractivity contribution in [1.29, 1.82) is 0 Å². The van der Waals surface area contributed by atoms with Crippen LogP contribution < -0.4 is 3.53 Å². The summed E-state index contributed by atoms with van der Waals surface area (Å²) in [5.41, 5.74) is 0. The van der Waals surface area contributed by atoms with Gasteiger partial charge in [-0.05, 0) is 12.8 Å². The summed E-state index contributed by atoms with van der Waals surface area (Å²) in [6.45, 7) is 6.59. The maximum atomic E-state index is 3.13. The fourth-order valence-electron chi connectivity index (χ4n) is 0.126. The van der Waals surface area contributed by atoms with Crippen LogP contribution in [0.1, 0.15) is 20.8 Å². The number of hydrogen-bond donors (Lipinski definition) is 1. The fourth-order valence-corrected chi connectivity index (χ4v) is 0.845. The highest BCUT2D eigenvalue weighted by molar-refractivity contribution is 14.1. The molecule has 1 nitrogen and oxygen atoms in total. The lowest BCUT2D eigenvalue weighted by atomic mass is 10.1. The quantitative estimate of drug-likeness (QED) is 0.546. The van der Waals surface area contributed by atoms with Gasteiger partial charge in [-0.1, -0.05) is 13.8 Å². The molecule has 0 bridgehead atoms. The van der Waals surface area contributed by atoms with Gasteiger partial charge in [0.05, 0.1) is 0 Å². The first-order valence-electron chi connectivity index (χ1n) is 2.54. The van der Waals surface area contributed by atoms with E-state index in [2.05, 4.69) is 47.2 Å². The van der Waals surface area contributed by atoms with E-state index in [4.69, 9.17) is 0 Å². The molecule has 7 heavy (non-hydrogen) atoms. The lowest BCUT2D eigenvalue weighted by molar-refractivity contribution is 0.512. The third-order valence-corrected chi connectivity index (χ3v) is 2.15. The molecule has 0 aliphatic carbocycles. The van der Waals surface area contributed by atoms with Crippen LogP contribution in [0.2, 0.25) is 0 Å². The first-order chi connectivity index (χ1) is 3.18. The van der Waals surface area contributed by atoms with E-state index >= 15 is 0 Å². The van der Waals surface area contributed by atoms with Crippen LogP contribution in [0.3, 0.4) is 0 Å². The summed E-state index contributed by atoms with van der Waals surface area (Å²) in [4.78, 5) is 0. The highest BCUT2D eigenvalue weighted by Gasteiger charge is 2.01. The molecule has 0 aromatic carbocycles. The molecule has 0 aromatic rings. The molecule has 0 saturated carbocycles. The zero-order chi connectivity index (χ0) is 5.86. The molecule has 0 amide bonds. The Kier molecular flexibility index (Phi) is 4.02. The summed E-state index contributed by atoms with van der Waals surface area (Å²) in [5.74, 6) is 0.747. The highest BCUT2D eigenvalue weighted by atomic mass is 127. The van der Waals surface area contributed by atoms with Crippen LogP contribution in [0, 0.1) is 5.92 Å². The van der Waals surface area contributed by atoms with Crippen molar-refractivity contribution in [2.75, 3.05) is 0 Å². The third kappa shape index (κ3) is 3.29. The summed E-state index contributed by atoms with van der Waals surface area (Å²) < 4.78 is 3.13. The summed E-state index contributed by atoms with van der Waals surface area (Å²) in [5, 5.41) is 0. The summed E-state index contributed by atoms with van der Waals surface area (Å²) in [6, 6.07) is 0.639. The number of rotatable bonds is 2. The SMILES string of the molecule is CC(C)[C@H](C)NI. The first-order valence-corrected chi connectivity index (χ1v) is 3.62. The van der Waals surface area contributed by atoms with E-state index in [9.17, 15) is 0 Å². The molecule has 2 heteroatoms. The second-order valence-electron chi connectivity index (χ2n) is 2.14. The highest BCUT2D eigenvalue weighted by Crippen LogP contribution is 2.00. The Morgan fingerprint density at radius 1 is 1.29 bits per heavy atom. The van der Waals surface area contributed by atoms with Crippen LogP contribution in [0.15, 0.2) is 0 Å². The van der Waals surface area contributed by atoms with Crippen LogP contribution in [0.25, 0.3) is 0 Å². The smallest absolute Gasteiger partial charge is 0.0172 e. The monoisotopic (exact) mass is 213 g/mol. The van der Waals surface area contributed by atoms with Gasteiger partial charge >= 0.3 is 0 Å². The fraction of sp³-hybridized carbons (Fsp3) is 1.00. The van der Waals surface area contributed by atoms with Gasteiger partial charge < -0.3 is 0 Å². The Morgan fingerprint density at radius 2 is 1.71 bits per heavy atom. The van der Waals surface area contributed by atoms with E-state index in [1.54, 1.807) is 0 Å². The average Bonchev–Trinajstić information content (AvgIpc) is 1.65. The Morgan fingerprint density at radius 3 is 1.71 bits per heavy atom. The molecule has 0 radical (unpaired) electrons. The molecule has 0 heterocycles. The van der Waals surface area contributed by atoms with E-state index in [0.29, 0.717) is 6.04 Å². The second-order valence-corrected chi connectivity index (χ2v) is 2.76. The van der Waals surface area contributed by atoms with Gasteiger partial charge in [0.25, 0.3) is 0 Å². The number of halogens is 1. The van der Waals surface area contributed by atoms with Crippen LogP contribution in [-0.4, -0.2) is 6.04 Å². The van der Waals surface area contributed by atoms with E-state index in [0.717, 1.165) is 5.92 Å². The van der Waals surface area contributed by atoms with Crippen molar-refractivity contribution in [3.8, 4) is 0 Å². The number of nitrogens with one attached hydrogen (secondary N) is 1. The molecule has 0 aliphatic heterocycles. The zero-order valence-electron chi connectivity index (χ0n) is 5.03. The summed E-state index contributed by atoms with van der Waals surface area (Å²) in [6.07, 6.45) is 0. The molecule has 0 fully saturated rings. The first kappa shape index (κ1) is 7.69. The normalized spacial score (nSPS) is 15.0. The number of hydrogen-bond acceptors (Lipinski definition) is 1. The predicted octanol–water partition coefficient (Wildman–Crippen LogP) is 1.97. The van der Waals surface area contributed by atoms with Crippen LogP contribution >= 0.6 is 22.9 Å². The standard InChI is InChI=1S/C5H12IN/c1-4(2)5(3)7-6/h4-5,7H,1-3H3/t5-/m0/s1. The van der Waals surface area contributed by atoms with Gasteiger partial charge in [-0.2, -0.15) is 0 Å². The van der Waals surface area contributed by atoms with E-state index < -0.39 is 0 Å². The Hall–Kier alpha value is 0.690. The topological polar surface area (TPSA) is 12.0 Å². The molecule has 0 unspecified atom stereocenters. The molecule has 44 valence electrons. The van der Waals surface area contributed by atoms with Gasteiger partial charge in [0.15, 0.2) is 0 Å². The molecule has 1 N–H and O–H groups in total. The predicted molar refractivity (Wildman–Crippen MR) is 41.5 cm³/mol. The molecule has 0 rings (SSSR count). The van der Waals surface area contributed by atoms with Crippen molar-refractivity contribution < 1.29 is 0 Å². The maximum Gasteiger partial charge on any atom is 0.0172 e.